The molecule has 1 rings (SSSR count). The molecule has 0 aliphatic rings. The summed E-state index contributed by atoms with van der Waals surface area (Å²) in [6.45, 7) is 1.38. The smallest absolute Gasteiger partial charge is 0.332 e. The first-order valence-corrected chi connectivity index (χ1v) is 5.05. The van der Waals surface area contributed by atoms with Gasteiger partial charge >= 0.3 is 6.03 Å². The van der Waals surface area contributed by atoms with Gasteiger partial charge in [0.2, 0.25) is 0 Å². The Morgan fingerprint density at radius 2 is 2.06 bits per heavy atom. The number of rotatable bonds is 5. The summed E-state index contributed by atoms with van der Waals surface area (Å²) in [5, 5.41) is 14.0. The highest BCUT2D eigenvalue weighted by molar-refractivity contribution is 5.81. The van der Waals surface area contributed by atoms with E-state index < -0.39 is 18.1 Å². The van der Waals surface area contributed by atoms with Crippen molar-refractivity contribution in [1.82, 2.24) is 5.43 Å². The van der Waals surface area contributed by atoms with E-state index in [1.165, 1.54) is 13.1 Å². The molecule has 96 valence electrons. The van der Waals surface area contributed by atoms with Gasteiger partial charge < -0.3 is 20.4 Å². The zero-order valence-electron chi connectivity index (χ0n) is 9.62. The maximum atomic E-state index is 10.5. The van der Waals surface area contributed by atoms with E-state index in [-0.39, 0.29) is 0 Å². The van der Waals surface area contributed by atoms with Crippen molar-refractivity contribution in [2.75, 3.05) is 0 Å². The number of aliphatic carboxylic acids is 1. The highest BCUT2D eigenvalue weighted by Gasteiger charge is 2.03. The van der Waals surface area contributed by atoms with Crippen molar-refractivity contribution >= 4 is 18.2 Å². The maximum Gasteiger partial charge on any atom is 0.332 e. The molecule has 0 aromatic heterocycles. The molecule has 2 amide bonds. The van der Waals surface area contributed by atoms with Crippen LogP contribution in [0.2, 0.25) is 0 Å². The van der Waals surface area contributed by atoms with E-state index >= 15 is 0 Å². The van der Waals surface area contributed by atoms with Gasteiger partial charge in [-0.2, -0.15) is 5.10 Å². The molecule has 0 spiro atoms. The fourth-order valence-electron chi connectivity index (χ4n) is 1.06. The number of amides is 2. The van der Waals surface area contributed by atoms with Gasteiger partial charge in [-0.05, 0) is 36.8 Å². The number of hydrogen-bond donors (Lipinski definition) is 2. The van der Waals surface area contributed by atoms with Crippen LogP contribution in [0.15, 0.2) is 29.4 Å². The first kappa shape index (κ1) is 13.5. The summed E-state index contributed by atoms with van der Waals surface area (Å²) in [6.07, 6.45) is 0.359. The zero-order chi connectivity index (χ0) is 13.5. The van der Waals surface area contributed by atoms with Gasteiger partial charge in [-0.1, -0.05) is 0 Å². The van der Waals surface area contributed by atoms with Crippen molar-refractivity contribution in [2.45, 2.75) is 13.0 Å². The molecule has 0 aliphatic carbocycles. The lowest BCUT2D eigenvalue weighted by atomic mass is 10.2. The van der Waals surface area contributed by atoms with Gasteiger partial charge in [0.05, 0.1) is 12.2 Å². The van der Waals surface area contributed by atoms with Gasteiger partial charge in [0.25, 0.3) is 0 Å². The lowest BCUT2D eigenvalue weighted by Crippen LogP contribution is -2.37. The van der Waals surface area contributed by atoms with Gasteiger partial charge in [0.1, 0.15) is 11.9 Å². The van der Waals surface area contributed by atoms with Crippen molar-refractivity contribution in [3.05, 3.63) is 29.8 Å². The van der Waals surface area contributed by atoms with Crippen LogP contribution in [0.5, 0.6) is 5.75 Å². The minimum Gasteiger partial charge on any atom is -0.546 e. The Balaban J connectivity index is 2.60. The van der Waals surface area contributed by atoms with Gasteiger partial charge in [0, 0.05) is 0 Å². The summed E-state index contributed by atoms with van der Waals surface area (Å²) in [4.78, 5) is 20.8. The van der Waals surface area contributed by atoms with E-state index in [1.807, 2.05) is 5.43 Å². The standard InChI is InChI=1S/C11H13N3O4/c1-7(10(15)16)18-9-4-2-8(3-5-9)6-13-14-11(12)17/h2-7H,1H3,(H,15,16)(H3,12,14,17)/p-1/t7-/m0/s1. The third-order valence-electron chi connectivity index (χ3n) is 1.91. The average molecular weight is 250 g/mol. The molecule has 0 bridgehead atoms. The number of hydrazone groups is 1. The predicted octanol–water partition coefficient (Wildman–Crippen LogP) is -0.794. The summed E-state index contributed by atoms with van der Waals surface area (Å²) in [5.74, 6) is -0.891. The van der Waals surface area contributed by atoms with Crippen molar-refractivity contribution in [3.63, 3.8) is 0 Å². The number of nitrogens with zero attached hydrogens (tertiary/aromatic N) is 1. The van der Waals surface area contributed by atoms with E-state index in [0.717, 1.165) is 0 Å². The molecule has 0 radical (unpaired) electrons. The van der Waals surface area contributed by atoms with Crippen LogP contribution in [-0.4, -0.2) is 24.3 Å². The molecule has 1 aromatic rings. The number of primary amides is 1. The summed E-state index contributed by atoms with van der Waals surface area (Å²) in [6, 6.07) is 5.68. The van der Waals surface area contributed by atoms with Crippen LogP contribution in [0.25, 0.3) is 0 Å². The molecule has 0 saturated carbocycles. The second kappa shape index (κ2) is 6.24. The van der Waals surface area contributed by atoms with Crippen LogP contribution in [0.3, 0.4) is 0 Å². The first-order chi connectivity index (χ1) is 8.49. The van der Waals surface area contributed by atoms with Crippen molar-refractivity contribution in [3.8, 4) is 5.75 Å². The highest BCUT2D eigenvalue weighted by Crippen LogP contribution is 2.12. The minimum atomic E-state index is -1.29. The number of benzene rings is 1. The third-order valence-corrected chi connectivity index (χ3v) is 1.91. The number of carbonyl (C=O) groups is 2. The maximum absolute atomic E-state index is 10.5. The molecule has 1 atom stereocenters. The quantitative estimate of drug-likeness (QED) is 0.525. The van der Waals surface area contributed by atoms with E-state index in [2.05, 4.69) is 5.10 Å². The summed E-state index contributed by atoms with van der Waals surface area (Å²) in [7, 11) is 0. The number of hydrogen-bond acceptors (Lipinski definition) is 5. The largest absolute Gasteiger partial charge is 0.546 e. The molecule has 18 heavy (non-hydrogen) atoms. The lowest BCUT2D eigenvalue weighted by Gasteiger charge is -2.15. The van der Waals surface area contributed by atoms with E-state index in [4.69, 9.17) is 10.5 Å². The number of urea groups is 1. The van der Waals surface area contributed by atoms with Gasteiger partial charge in [0.15, 0.2) is 0 Å². The summed E-state index contributed by atoms with van der Waals surface area (Å²) < 4.78 is 5.08. The number of carboxylic acids is 1. The average Bonchev–Trinajstić information content (AvgIpc) is 2.30. The van der Waals surface area contributed by atoms with E-state index in [9.17, 15) is 14.7 Å². The first-order valence-electron chi connectivity index (χ1n) is 5.05. The summed E-state index contributed by atoms with van der Waals surface area (Å²) in [5.41, 5.74) is 7.56. The Hall–Kier alpha value is -2.57. The second-order valence-corrected chi connectivity index (χ2v) is 3.38. The molecule has 0 aliphatic heterocycles. The molecular formula is C11H12N3O4-. The number of nitrogens with two attached hydrogens (primary N) is 1. The van der Waals surface area contributed by atoms with Crippen LogP contribution in [-0.2, 0) is 4.79 Å². The molecular weight excluding hydrogens is 238 g/mol. The molecule has 0 fully saturated rings. The number of ether oxygens (including phenoxy) is 1. The van der Waals surface area contributed by atoms with Gasteiger partial charge in [-0.15, -0.1) is 0 Å². The van der Waals surface area contributed by atoms with E-state index in [0.29, 0.717) is 11.3 Å². The highest BCUT2D eigenvalue weighted by atomic mass is 16.5. The van der Waals surface area contributed by atoms with Gasteiger partial charge in [-0.25, -0.2) is 10.2 Å². The Morgan fingerprint density at radius 1 is 1.44 bits per heavy atom. The lowest BCUT2D eigenvalue weighted by molar-refractivity contribution is -0.312. The fraction of sp³-hybridized carbons (Fsp3) is 0.182. The molecule has 3 N–H and O–H groups in total. The van der Waals surface area contributed by atoms with Crippen LogP contribution in [0.1, 0.15) is 12.5 Å². The monoisotopic (exact) mass is 250 g/mol. The van der Waals surface area contributed by atoms with Crippen molar-refractivity contribution < 1.29 is 19.4 Å². The van der Waals surface area contributed by atoms with Crippen molar-refractivity contribution in [2.24, 2.45) is 10.8 Å². The molecule has 0 unspecified atom stereocenters. The van der Waals surface area contributed by atoms with Crippen LogP contribution < -0.4 is 21.0 Å². The third kappa shape index (κ3) is 4.52. The van der Waals surface area contributed by atoms with Crippen molar-refractivity contribution in [1.29, 1.82) is 0 Å². The fourth-order valence-corrected chi connectivity index (χ4v) is 1.06. The zero-order valence-corrected chi connectivity index (χ0v) is 9.62. The Labute approximate surface area is 103 Å². The Kier molecular flexibility index (Phi) is 4.67. The number of carbonyl (C=O) groups excluding carboxylic acids is 2. The van der Waals surface area contributed by atoms with E-state index in [1.54, 1.807) is 24.3 Å². The van der Waals surface area contributed by atoms with Crippen LogP contribution in [0.4, 0.5) is 4.79 Å². The molecule has 1 aromatic carbocycles. The van der Waals surface area contributed by atoms with Crippen LogP contribution >= 0.6 is 0 Å². The summed E-state index contributed by atoms with van der Waals surface area (Å²) >= 11 is 0. The SMILES string of the molecule is C[C@H](Oc1ccc(C=NNC(N)=O)cc1)C(=O)[O-]. The van der Waals surface area contributed by atoms with Gasteiger partial charge in [-0.3, -0.25) is 0 Å². The molecule has 7 nitrogen and oxygen atoms in total. The molecule has 0 heterocycles. The minimum absolute atomic E-state index is 0.395. The Morgan fingerprint density at radius 3 is 2.56 bits per heavy atom. The normalized spacial score (nSPS) is 12.1. The predicted molar refractivity (Wildman–Crippen MR) is 61.9 cm³/mol. The molecule has 0 saturated heterocycles. The second-order valence-electron chi connectivity index (χ2n) is 3.38. The Bertz CT molecular complexity index is 456. The number of nitrogens with one attached hydrogen (secondary N) is 1. The van der Waals surface area contributed by atoms with Crippen LogP contribution in [0, 0.1) is 0 Å². The number of carboxylic acid groups (broad SMARTS) is 1. The molecule has 7 heteroatoms. The topological polar surface area (TPSA) is 117 Å².